The number of para-hydroxylation sites is 1. The minimum Gasteiger partial charge on any atom is -0.385 e. The molecule has 2 amide bonds. The summed E-state index contributed by atoms with van der Waals surface area (Å²) in [6.45, 7) is 3.50. The van der Waals surface area contributed by atoms with Crippen LogP contribution in [-0.2, 0) is 27.3 Å². The lowest BCUT2D eigenvalue weighted by Gasteiger charge is -2.10. The highest BCUT2D eigenvalue weighted by Crippen LogP contribution is 2.29. The van der Waals surface area contributed by atoms with Gasteiger partial charge in [0.25, 0.3) is 5.91 Å². The van der Waals surface area contributed by atoms with Crippen LogP contribution in [0.15, 0.2) is 30.1 Å². The van der Waals surface area contributed by atoms with Crippen LogP contribution in [0.5, 0.6) is 0 Å². The lowest BCUT2D eigenvalue weighted by atomic mass is 10.1. The number of likely N-dealkylation sites (N-methyl/N-ethyl adjacent to an activating group) is 2. The number of thiocarbonyl (C=S) groups is 1. The second-order valence-corrected chi connectivity index (χ2v) is 7.68. The van der Waals surface area contributed by atoms with Crippen LogP contribution in [-0.4, -0.2) is 65.7 Å². The van der Waals surface area contributed by atoms with Gasteiger partial charge in [-0.1, -0.05) is 25.1 Å². The number of nitrogens with zero attached hydrogens (tertiary/aromatic N) is 3. The van der Waals surface area contributed by atoms with Crippen LogP contribution in [0.3, 0.4) is 0 Å². The molecule has 160 valence electrons. The van der Waals surface area contributed by atoms with Crippen LogP contribution < -0.4 is 5.32 Å². The third-order valence-corrected chi connectivity index (χ3v) is 5.85. The highest BCUT2D eigenvalue weighted by Gasteiger charge is 2.33. The van der Waals surface area contributed by atoms with Crippen LogP contribution in [0.1, 0.15) is 24.5 Å². The van der Waals surface area contributed by atoms with E-state index in [2.05, 4.69) is 18.3 Å². The van der Waals surface area contributed by atoms with Crippen molar-refractivity contribution in [1.82, 2.24) is 19.7 Å². The maximum Gasteiger partial charge on any atom is 0.276 e. The number of carbonyl (C=O) groups excluding carboxylic acids is 2. The number of aromatic nitrogens is 1. The summed E-state index contributed by atoms with van der Waals surface area (Å²) in [6, 6.07) is 6.10. The van der Waals surface area contributed by atoms with Gasteiger partial charge in [0.2, 0.25) is 5.91 Å². The highest BCUT2D eigenvalue weighted by molar-refractivity contribution is 7.80. The van der Waals surface area contributed by atoms with Crippen LogP contribution in [0.2, 0.25) is 0 Å². The summed E-state index contributed by atoms with van der Waals surface area (Å²) in [7, 11) is 5.11. The topological polar surface area (TPSA) is 66.8 Å². The fourth-order valence-corrected chi connectivity index (χ4v) is 3.86. The van der Waals surface area contributed by atoms with E-state index in [1.807, 2.05) is 29.0 Å². The number of fused-ring (bicyclic) bond motifs is 1. The second kappa shape index (κ2) is 9.40. The van der Waals surface area contributed by atoms with Gasteiger partial charge in [-0.15, -0.1) is 0 Å². The molecule has 0 radical (unpaired) electrons. The fraction of sp³-hybridized carbons (Fsp3) is 0.409. The number of nitrogens with one attached hydrogen (secondary N) is 1. The first-order chi connectivity index (χ1) is 14.4. The molecule has 1 aromatic heterocycles. The van der Waals surface area contributed by atoms with E-state index in [-0.39, 0.29) is 18.4 Å². The predicted octanol–water partition coefficient (Wildman–Crippen LogP) is 2.39. The largest absolute Gasteiger partial charge is 0.385 e. The molecule has 1 saturated heterocycles. The average molecular weight is 429 g/mol. The van der Waals surface area contributed by atoms with E-state index in [0.29, 0.717) is 24.0 Å². The summed E-state index contributed by atoms with van der Waals surface area (Å²) in [6.07, 6.45) is 5.41. The van der Waals surface area contributed by atoms with Crippen molar-refractivity contribution in [2.24, 2.45) is 0 Å². The third-order valence-electron chi connectivity index (χ3n) is 5.31. The van der Waals surface area contributed by atoms with Crippen molar-refractivity contribution < 1.29 is 14.3 Å². The monoisotopic (exact) mass is 428 g/mol. The van der Waals surface area contributed by atoms with Gasteiger partial charge in [-0.3, -0.25) is 14.5 Å². The van der Waals surface area contributed by atoms with Crippen molar-refractivity contribution in [1.29, 1.82) is 0 Å². The van der Waals surface area contributed by atoms with E-state index in [0.717, 1.165) is 34.9 Å². The van der Waals surface area contributed by atoms with Crippen molar-refractivity contribution in [2.45, 2.75) is 26.3 Å². The zero-order valence-electron chi connectivity index (χ0n) is 17.9. The first-order valence-corrected chi connectivity index (χ1v) is 10.4. The first-order valence-electron chi connectivity index (χ1n) is 10.0. The zero-order chi connectivity index (χ0) is 21.8. The Morgan fingerprint density at radius 2 is 2.03 bits per heavy atom. The standard InChI is InChI=1S/C22H28N4O3S/c1-5-15-8-6-9-17-16(12-18-21(28)25(3)22(30)24(18)2)13-26(20(15)17)14-19(27)23-10-7-11-29-4/h6,8-9,12-13H,5,7,10-11,14H2,1-4H3,(H,23,27)/b18-12-. The van der Waals surface area contributed by atoms with Gasteiger partial charge in [0, 0.05) is 51.5 Å². The molecule has 1 N–H and O–H groups in total. The molecule has 0 spiro atoms. The SMILES string of the molecule is CCc1cccc2c(/C=C3/C(=O)N(C)C(=S)N3C)cn(CC(=O)NCCCOC)c12. The molecule has 1 aromatic carbocycles. The predicted molar refractivity (Wildman–Crippen MR) is 122 cm³/mol. The molecule has 1 aliphatic heterocycles. The summed E-state index contributed by atoms with van der Waals surface area (Å²) in [5.41, 5.74) is 3.58. The molecule has 1 aliphatic rings. The molecule has 8 heteroatoms. The van der Waals surface area contributed by atoms with Crippen molar-refractivity contribution in [3.8, 4) is 0 Å². The Kier molecular flexibility index (Phi) is 6.89. The van der Waals surface area contributed by atoms with Gasteiger partial charge < -0.3 is 19.5 Å². The fourth-order valence-electron chi connectivity index (χ4n) is 3.68. The zero-order valence-corrected chi connectivity index (χ0v) is 18.7. The summed E-state index contributed by atoms with van der Waals surface area (Å²) >= 11 is 5.31. The first kappa shape index (κ1) is 22.0. The third kappa shape index (κ3) is 4.24. The summed E-state index contributed by atoms with van der Waals surface area (Å²) in [5, 5.41) is 4.42. The van der Waals surface area contributed by atoms with Crippen LogP contribution in [0, 0.1) is 0 Å². The van der Waals surface area contributed by atoms with Gasteiger partial charge in [-0.25, -0.2) is 0 Å². The van der Waals surface area contributed by atoms with Crippen molar-refractivity contribution >= 4 is 46.1 Å². The molecule has 0 saturated carbocycles. The average Bonchev–Trinajstić information content (AvgIpc) is 3.17. The lowest BCUT2D eigenvalue weighted by molar-refractivity contribution is -0.122. The minimum absolute atomic E-state index is 0.0527. The Labute approximate surface area is 182 Å². The minimum atomic E-state index is -0.133. The Hall–Kier alpha value is -2.71. The van der Waals surface area contributed by atoms with Crippen LogP contribution in [0.25, 0.3) is 17.0 Å². The van der Waals surface area contributed by atoms with E-state index in [9.17, 15) is 9.59 Å². The Bertz CT molecular complexity index is 1010. The van der Waals surface area contributed by atoms with Crippen molar-refractivity contribution in [3.63, 3.8) is 0 Å². The molecule has 0 atom stereocenters. The van der Waals surface area contributed by atoms with Crippen LogP contribution in [0.4, 0.5) is 0 Å². The molecule has 1 fully saturated rings. The normalized spacial score (nSPS) is 15.7. The molecular weight excluding hydrogens is 400 g/mol. The van der Waals surface area contributed by atoms with E-state index >= 15 is 0 Å². The Morgan fingerprint density at radius 1 is 1.27 bits per heavy atom. The highest BCUT2D eigenvalue weighted by atomic mass is 32.1. The summed E-state index contributed by atoms with van der Waals surface area (Å²) in [4.78, 5) is 28.3. The molecule has 7 nitrogen and oxygen atoms in total. The van der Waals surface area contributed by atoms with Gasteiger partial charge in [-0.2, -0.15) is 0 Å². The van der Waals surface area contributed by atoms with E-state index in [1.54, 1.807) is 26.1 Å². The molecule has 2 aromatic rings. The van der Waals surface area contributed by atoms with Gasteiger partial charge in [0.1, 0.15) is 12.2 Å². The number of carbonyl (C=O) groups is 2. The number of rotatable bonds is 8. The summed E-state index contributed by atoms with van der Waals surface area (Å²) < 4.78 is 6.99. The van der Waals surface area contributed by atoms with Gasteiger partial charge in [0.15, 0.2) is 5.11 Å². The van der Waals surface area contributed by atoms with Crippen molar-refractivity contribution in [2.75, 3.05) is 34.4 Å². The number of hydrogen-bond acceptors (Lipinski definition) is 4. The van der Waals surface area contributed by atoms with Gasteiger partial charge in [-0.05, 0) is 36.7 Å². The van der Waals surface area contributed by atoms with E-state index < -0.39 is 0 Å². The van der Waals surface area contributed by atoms with Crippen LogP contribution >= 0.6 is 12.2 Å². The maximum atomic E-state index is 12.6. The Morgan fingerprint density at radius 3 is 2.67 bits per heavy atom. The molecule has 0 aliphatic carbocycles. The molecule has 0 unspecified atom stereocenters. The number of aryl methyl sites for hydroxylation is 1. The second-order valence-electron chi connectivity index (χ2n) is 7.31. The lowest BCUT2D eigenvalue weighted by Crippen LogP contribution is -2.28. The Balaban J connectivity index is 1.97. The van der Waals surface area contributed by atoms with Crippen molar-refractivity contribution in [3.05, 3.63) is 41.2 Å². The van der Waals surface area contributed by atoms with Gasteiger partial charge in [0.05, 0.1) is 5.52 Å². The molecule has 3 rings (SSSR count). The number of ether oxygens (including phenoxy) is 1. The number of hydrogen-bond donors (Lipinski definition) is 1. The van der Waals surface area contributed by atoms with E-state index in [1.165, 1.54) is 4.90 Å². The maximum absolute atomic E-state index is 12.6. The molecule has 30 heavy (non-hydrogen) atoms. The molecule has 2 heterocycles. The van der Waals surface area contributed by atoms with Gasteiger partial charge >= 0.3 is 0 Å². The summed E-state index contributed by atoms with van der Waals surface area (Å²) in [5.74, 6) is -0.186. The number of benzene rings is 1. The quantitative estimate of drug-likeness (QED) is 0.397. The number of amides is 2. The van der Waals surface area contributed by atoms with E-state index in [4.69, 9.17) is 17.0 Å². The number of methoxy groups -OCH3 is 1. The molecular formula is C22H28N4O3S. The smallest absolute Gasteiger partial charge is 0.276 e. The molecule has 0 bridgehead atoms.